The maximum Gasteiger partial charge on any atom is 0.432 e. The number of hydrogen-bond donors (Lipinski definition) is 1. The average molecular weight is 488 g/mol. The Labute approximate surface area is 190 Å². The standard InChI is InChI=1S/C24H19F7O3/c1-2-3-4-13-5-7-14(8-6-13)20-18(32)12-17(26)21(22(20)27)24(30,31)34-15-9-10-19(16(25)11-15)33-23(28)29/h5-12,23,32H,2-4H2,1H3. The molecule has 0 bridgehead atoms. The van der Waals surface area contributed by atoms with E-state index in [1.54, 1.807) is 12.1 Å². The van der Waals surface area contributed by atoms with Crippen LogP contribution in [-0.4, -0.2) is 11.7 Å². The highest BCUT2D eigenvalue weighted by Crippen LogP contribution is 2.42. The zero-order valence-electron chi connectivity index (χ0n) is 17.7. The quantitative estimate of drug-likeness (QED) is 0.316. The number of hydrogen-bond acceptors (Lipinski definition) is 3. The van der Waals surface area contributed by atoms with Gasteiger partial charge in [-0.2, -0.15) is 17.6 Å². The first kappa shape index (κ1) is 25.2. The zero-order valence-corrected chi connectivity index (χ0v) is 17.7. The Kier molecular flexibility index (Phi) is 7.58. The van der Waals surface area contributed by atoms with Crippen molar-refractivity contribution in [1.29, 1.82) is 0 Å². The fourth-order valence-electron chi connectivity index (χ4n) is 3.30. The lowest BCUT2D eigenvalue weighted by molar-refractivity contribution is -0.189. The van der Waals surface area contributed by atoms with Gasteiger partial charge in [0.1, 0.15) is 22.9 Å². The number of unbranched alkanes of at least 4 members (excludes halogenated alkanes) is 1. The van der Waals surface area contributed by atoms with E-state index in [1.807, 2.05) is 6.92 Å². The minimum Gasteiger partial charge on any atom is -0.507 e. The predicted molar refractivity (Wildman–Crippen MR) is 110 cm³/mol. The van der Waals surface area contributed by atoms with Gasteiger partial charge in [-0.1, -0.05) is 37.6 Å². The number of alkyl halides is 4. The first-order chi connectivity index (χ1) is 16.0. The van der Waals surface area contributed by atoms with Crippen LogP contribution >= 0.6 is 0 Å². The monoisotopic (exact) mass is 488 g/mol. The topological polar surface area (TPSA) is 38.7 Å². The van der Waals surface area contributed by atoms with Crippen molar-refractivity contribution in [3.05, 3.63) is 77.1 Å². The Morgan fingerprint density at radius 1 is 0.941 bits per heavy atom. The van der Waals surface area contributed by atoms with Crippen molar-refractivity contribution >= 4 is 0 Å². The summed E-state index contributed by atoms with van der Waals surface area (Å²) in [6.07, 6.45) is -2.07. The Bertz CT molecular complexity index is 1150. The van der Waals surface area contributed by atoms with Crippen LogP contribution < -0.4 is 9.47 Å². The van der Waals surface area contributed by atoms with Crippen LogP contribution in [0.3, 0.4) is 0 Å². The summed E-state index contributed by atoms with van der Waals surface area (Å²) >= 11 is 0. The van der Waals surface area contributed by atoms with Crippen molar-refractivity contribution in [2.45, 2.75) is 38.9 Å². The number of benzene rings is 3. The fraction of sp³-hybridized carbons (Fsp3) is 0.250. The number of aryl methyl sites for hydroxylation is 1. The van der Waals surface area contributed by atoms with Gasteiger partial charge in [-0.15, -0.1) is 0 Å². The van der Waals surface area contributed by atoms with Crippen LogP contribution in [-0.2, 0) is 12.5 Å². The van der Waals surface area contributed by atoms with Crippen molar-refractivity contribution in [1.82, 2.24) is 0 Å². The molecule has 0 aliphatic carbocycles. The molecule has 0 radical (unpaired) electrons. The van der Waals surface area contributed by atoms with Gasteiger partial charge in [0.15, 0.2) is 17.4 Å². The zero-order chi connectivity index (χ0) is 25.0. The molecule has 182 valence electrons. The van der Waals surface area contributed by atoms with E-state index in [-0.39, 0.29) is 5.56 Å². The highest BCUT2D eigenvalue weighted by atomic mass is 19.3. The molecule has 3 nitrogen and oxygen atoms in total. The molecule has 0 heterocycles. The van der Waals surface area contributed by atoms with Crippen LogP contribution in [0.2, 0.25) is 0 Å². The van der Waals surface area contributed by atoms with Crippen molar-refractivity contribution in [2.75, 3.05) is 0 Å². The van der Waals surface area contributed by atoms with E-state index in [0.717, 1.165) is 24.8 Å². The summed E-state index contributed by atoms with van der Waals surface area (Å²) in [5.41, 5.74) is -1.56. The summed E-state index contributed by atoms with van der Waals surface area (Å²) in [4.78, 5) is 0. The summed E-state index contributed by atoms with van der Waals surface area (Å²) in [6.45, 7) is -1.36. The number of ether oxygens (including phenoxy) is 2. The number of halogens is 7. The largest absolute Gasteiger partial charge is 0.507 e. The van der Waals surface area contributed by atoms with Gasteiger partial charge in [-0.05, 0) is 36.1 Å². The summed E-state index contributed by atoms with van der Waals surface area (Å²) in [7, 11) is 0. The molecule has 3 aromatic rings. The molecule has 0 aromatic heterocycles. The molecule has 0 aliphatic rings. The second kappa shape index (κ2) is 10.2. The SMILES string of the molecule is CCCCc1ccc(-c2c(O)cc(F)c(C(F)(F)Oc3ccc(OC(F)F)c(F)c3)c2F)cc1. The highest BCUT2D eigenvalue weighted by molar-refractivity contribution is 5.72. The molecule has 0 fully saturated rings. The summed E-state index contributed by atoms with van der Waals surface area (Å²) < 4.78 is 105. The maximum atomic E-state index is 15.1. The molecular weight excluding hydrogens is 469 g/mol. The van der Waals surface area contributed by atoms with E-state index < -0.39 is 58.5 Å². The van der Waals surface area contributed by atoms with E-state index in [4.69, 9.17) is 0 Å². The third-order valence-corrected chi connectivity index (χ3v) is 4.92. The Morgan fingerprint density at radius 2 is 1.62 bits per heavy atom. The molecule has 0 saturated carbocycles. The minimum atomic E-state index is -4.66. The lowest BCUT2D eigenvalue weighted by Gasteiger charge is -2.21. The smallest absolute Gasteiger partial charge is 0.432 e. The lowest BCUT2D eigenvalue weighted by atomic mass is 9.97. The predicted octanol–water partition coefficient (Wildman–Crippen LogP) is 7.55. The van der Waals surface area contributed by atoms with Crippen molar-refractivity contribution in [3.63, 3.8) is 0 Å². The lowest BCUT2D eigenvalue weighted by Crippen LogP contribution is -2.25. The van der Waals surface area contributed by atoms with Crippen LogP contribution in [0, 0.1) is 17.5 Å². The van der Waals surface area contributed by atoms with Gasteiger partial charge in [0.2, 0.25) is 0 Å². The van der Waals surface area contributed by atoms with Gasteiger partial charge in [-0.3, -0.25) is 0 Å². The number of phenols is 1. The minimum absolute atomic E-state index is 0.0202. The molecule has 0 atom stereocenters. The van der Waals surface area contributed by atoms with Crippen LogP contribution in [0.15, 0.2) is 48.5 Å². The molecule has 1 N–H and O–H groups in total. The summed E-state index contributed by atoms with van der Waals surface area (Å²) in [6, 6.07) is 7.96. The number of rotatable bonds is 9. The molecule has 10 heteroatoms. The Balaban J connectivity index is 1.96. The van der Waals surface area contributed by atoms with E-state index in [1.165, 1.54) is 12.1 Å². The van der Waals surface area contributed by atoms with Gasteiger partial charge in [0, 0.05) is 12.1 Å². The van der Waals surface area contributed by atoms with Crippen molar-refractivity contribution < 1.29 is 45.3 Å². The maximum absolute atomic E-state index is 15.1. The molecule has 3 aromatic carbocycles. The van der Waals surface area contributed by atoms with Crippen molar-refractivity contribution in [2.24, 2.45) is 0 Å². The van der Waals surface area contributed by atoms with Crippen molar-refractivity contribution in [3.8, 4) is 28.4 Å². The molecule has 34 heavy (non-hydrogen) atoms. The first-order valence-electron chi connectivity index (χ1n) is 10.2. The van der Waals surface area contributed by atoms with Crippen LogP contribution in [0.4, 0.5) is 30.7 Å². The van der Waals surface area contributed by atoms with Crippen LogP contribution in [0.1, 0.15) is 30.9 Å². The van der Waals surface area contributed by atoms with Gasteiger partial charge < -0.3 is 14.6 Å². The Morgan fingerprint density at radius 3 is 2.21 bits per heavy atom. The number of phenolic OH excluding ortho intramolecular Hbond substituents is 1. The van der Waals surface area contributed by atoms with E-state index in [2.05, 4.69) is 9.47 Å². The third kappa shape index (κ3) is 5.55. The van der Waals surface area contributed by atoms with Gasteiger partial charge in [-0.25, -0.2) is 13.2 Å². The molecule has 0 amide bonds. The summed E-state index contributed by atoms with van der Waals surface area (Å²) in [5, 5.41) is 10.1. The van der Waals surface area contributed by atoms with Gasteiger partial charge in [0.05, 0.1) is 5.56 Å². The molecule has 0 spiro atoms. The van der Waals surface area contributed by atoms with Crippen LogP contribution in [0.25, 0.3) is 11.1 Å². The summed E-state index contributed by atoms with van der Waals surface area (Å²) in [5.74, 6) is -7.78. The number of aromatic hydroxyl groups is 1. The van der Waals surface area contributed by atoms with Gasteiger partial charge >= 0.3 is 12.7 Å². The molecule has 0 saturated heterocycles. The molecule has 0 unspecified atom stereocenters. The average Bonchev–Trinajstić information content (AvgIpc) is 2.74. The van der Waals surface area contributed by atoms with E-state index >= 15 is 4.39 Å². The fourth-order valence-corrected chi connectivity index (χ4v) is 3.30. The highest BCUT2D eigenvalue weighted by Gasteiger charge is 2.43. The molecule has 3 rings (SSSR count). The normalized spacial score (nSPS) is 11.7. The molecule has 0 aliphatic heterocycles. The van der Waals surface area contributed by atoms with E-state index in [0.29, 0.717) is 24.3 Å². The molecular formula is C24H19F7O3. The Hall–Kier alpha value is -3.43. The van der Waals surface area contributed by atoms with Gasteiger partial charge in [0.25, 0.3) is 0 Å². The first-order valence-corrected chi connectivity index (χ1v) is 10.2. The second-order valence-electron chi connectivity index (χ2n) is 7.33. The van der Waals surface area contributed by atoms with E-state index in [9.17, 15) is 31.4 Å². The third-order valence-electron chi connectivity index (χ3n) is 4.92. The van der Waals surface area contributed by atoms with Crippen LogP contribution in [0.5, 0.6) is 17.2 Å². The second-order valence-corrected chi connectivity index (χ2v) is 7.33.